The fourth-order valence-corrected chi connectivity index (χ4v) is 7.36. The molecule has 0 heterocycles. The molecule has 0 aromatic heterocycles. The molecule has 0 spiro atoms. The normalized spacial score (nSPS) is 13.1. The average molecular weight is 968 g/mol. The van der Waals surface area contributed by atoms with Crippen molar-refractivity contribution in [3.8, 4) is 0 Å². The van der Waals surface area contributed by atoms with Crippen LogP contribution in [0.2, 0.25) is 0 Å². The summed E-state index contributed by atoms with van der Waals surface area (Å²) in [6.45, 7) is 6.38. The Bertz CT molecular complexity index is 1530. The average Bonchev–Trinajstić information content (AvgIpc) is 3.36. The molecule has 0 radical (unpaired) electrons. The molecule has 0 bridgehead atoms. The SMILES string of the molecule is CC\C=C/C=C\C=C/C=C\C=C\C=C/CCCCCC(=O)OC(COC(=O)CCCCCCC\C=C/C=C\C=C/C=C\CCCCC)COC(=O)CCCCCCCCC/C=C\CCCCCCCC. The van der Waals surface area contributed by atoms with Crippen molar-refractivity contribution < 1.29 is 28.6 Å². The Hall–Kier alpha value is -4.45. The third kappa shape index (κ3) is 54.5. The molecular weight excluding hydrogens is 865 g/mol. The lowest BCUT2D eigenvalue weighted by atomic mass is 10.1. The summed E-state index contributed by atoms with van der Waals surface area (Å²) in [6, 6.07) is 0. The number of carbonyl (C=O) groups excluding carboxylic acids is 3. The van der Waals surface area contributed by atoms with Gasteiger partial charge >= 0.3 is 17.9 Å². The van der Waals surface area contributed by atoms with Crippen LogP contribution in [0.25, 0.3) is 0 Å². The zero-order chi connectivity index (χ0) is 50.7. The van der Waals surface area contributed by atoms with E-state index in [1.807, 2.05) is 60.8 Å². The van der Waals surface area contributed by atoms with E-state index in [2.05, 4.69) is 93.7 Å². The number of esters is 3. The van der Waals surface area contributed by atoms with Gasteiger partial charge in [0.05, 0.1) is 0 Å². The summed E-state index contributed by atoms with van der Waals surface area (Å²) in [6.07, 6.45) is 80.0. The van der Waals surface area contributed by atoms with Crippen LogP contribution in [0.5, 0.6) is 0 Å². The maximum Gasteiger partial charge on any atom is 0.306 e. The molecule has 0 aromatic rings. The molecule has 0 N–H and O–H groups in total. The van der Waals surface area contributed by atoms with Crippen molar-refractivity contribution in [1.29, 1.82) is 0 Å². The van der Waals surface area contributed by atoms with Gasteiger partial charge in [-0.15, -0.1) is 0 Å². The fourth-order valence-electron chi connectivity index (χ4n) is 7.36. The number of allylic oxidation sites excluding steroid dienone is 22. The van der Waals surface area contributed by atoms with Crippen molar-refractivity contribution in [2.24, 2.45) is 0 Å². The van der Waals surface area contributed by atoms with Crippen molar-refractivity contribution in [2.75, 3.05) is 13.2 Å². The van der Waals surface area contributed by atoms with E-state index in [9.17, 15) is 14.4 Å². The molecule has 1 unspecified atom stereocenters. The molecule has 6 heteroatoms. The number of carbonyl (C=O) groups is 3. The lowest BCUT2D eigenvalue weighted by Crippen LogP contribution is -2.30. The predicted molar refractivity (Wildman–Crippen MR) is 302 cm³/mol. The van der Waals surface area contributed by atoms with E-state index < -0.39 is 6.10 Å². The van der Waals surface area contributed by atoms with E-state index in [-0.39, 0.29) is 37.5 Å². The highest BCUT2D eigenvalue weighted by molar-refractivity contribution is 5.71. The molecular formula is C64H102O6. The van der Waals surface area contributed by atoms with Gasteiger partial charge < -0.3 is 14.2 Å². The van der Waals surface area contributed by atoms with E-state index in [0.29, 0.717) is 19.3 Å². The first-order valence-corrected chi connectivity index (χ1v) is 28.3. The molecule has 6 nitrogen and oxygen atoms in total. The minimum absolute atomic E-state index is 0.111. The van der Waals surface area contributed by atoms with Gasteiger partial charge in [0.1, 0.15) is 13.2 Å². The second kappa shape index (κ2) is 57.1. The molecule has 0 rings (SSSR count). The van der Waals surface area contributed by atoms with Crippen LogP contribution in [-0.2, 0) is 28.6 Å². The summed E-state index contributed by atoms with van der Waals surface area (Å²) in [5.74, 6) is -0.987. The van der Waals surface area contributed by atoms with Crippen LogP contribution < -0.4 is 0 Å². The van der Waals surface area contributed by atoms with Crippen LogP contribution in [0.4, 0.5) is 0 Å². The predicted octanol–water partition coefficient (Wildman–Crippen LogP) is 19.0. The molecule has 0 aliphatic rings. The van der Waals surface area contributed by atoms with Gasteiger partial charge in [-0.05, 0) is 89.9 Å². The second-order valence-corrected chi connectivity index (χ2v) is 18.4. The Morgan fingerprint density at radius 3 is 0.957 bits per heavy atom. The van der Waals surface area contributed by atoms with Crippen LogP contribution >= 0.6 is 0 Å². The Kier molecular flexibility index (Phi) is 53.5. The third-order valence-corrected chi connectivity index (χ3v) is 11.6. The maximum atomic E-state index is 12.8. The maximum absolute atomic E-state index is 12.8. The van der Waals surface area contributed by atoms with E-state index >= 15 is 0 Å². The van der Waals surface area contributed by atoms with Gasteiger partial charge in [-0.25, -0.2) is 0 Å². The summed E-state index contributed by atoms with van der Waals surface area (Å²) in [5.41, 5.74) is 0. The summed E-state index contributed by atoms with van der Waals surface area (Å²) in [7, 11) is 0. The Morgan fingerprint density at radius 2 is 0.571 bits per heavy atom. The first kappa shape index (κ1) is 65.5. The Balaban J connectivity index is 4.56. The Labute approximate surface area is 430 Å². The van der Waals surface area contributed by atoms with Crippen LogP contribution in [-0.4, -0.2) is 37.2 Å². The van der Waals surface area contributed by atoms with Crippen molar-refractivity contribution in [2.45, 2.75) is 239 Å². The van der Waals surface area contributed by atoms with E-state index in [0.717, 1.165) is 89.9 Å². The number of unbranched alkanes of at least 4 members (excludes halogenated alkanes) is 24. The van der Waals surface area contributed by atoms with Gasteiger partial charge in [0.15, 0.2) is 6.10 Å². The lowest BCUT2D eigenvalue weighted by Gasteiger charge is -2.18. The monoisotopic (exact) mass is 967 g/mol. The largest absolute Gasteiger partial charge is 0.462 e. The van der Waals surface area contributed by atoms with Gasteiger partial charge in [-0.1, -0.05) is 257 Å². The molecule has 0 aromatic carbocycles. The van der Waals surface area contributed by atoms with Crippen LogP contribution in [0.1, 0.15) is 233 Å². The highest BCUT2D eigenvalue weighted by Crippen LogP contribution is 2.14. The van der Waals surface area contributed by atoms with Gasteiger partial charge in [-0.2, -0.15) is 0 Å². The van der Waals surface area contributed by atoms with Crippen LogP contribution in [0, 0.1) is 0 Å². The molecule has 394 valence electrons. The minimum Gasteiger partial charge on any atom is -0.462 e. The number of ether oxygens (including phenoxy) is 3. The molecule has 0 amide bonds. The van der Waals surface area contributed by atoms with Crippen molar-refractivity contribution in [3.05, 3.63) is 134 Å². The van der Waals surface area contributed by atoms with Crippen molar-refractivity contribution >= 4 is 17.9 Å². The standard InChI is InChI=1S/C64H102O6/c1-4-7-10-13-16-19-22-25-28-31-34-36-39-42-45-48-51-54-57-63(66)69-60-61(70-64(67)58-55-52-49-46-43-40-37-33-30-27-24-21-18-15-12-9-6-3)59-68-62(65)56-53-50-47-44-41-38-35-32-29-26-23-20-17-14-11-8-5-2/h9,12,15-16,18-19,21-22,24-31,33-34,36-37,40,43,61H,4-8,10-11,13-14,17,20,23,32,35,38-39,41-42,44-60H2,1-3H3/b12-9-,18-15-,19-16-,24-21-,25-22-,29-26-,30-27-,31-28-,36-34-,37-33+,43-40-. The number of hydrogen-bond acceptors (Lipinski definition) is 6. The first-order chi connectivity index (χ1) is 34.5. The topological polar surface area (TPSA) is 78.9 Å². The summed E-state index contributed by atoms with van der Waals surface area (Å²) < 4.78 is 16.8. The quantitative estimate of drug-likeness (QED) is 0.0199. The molecule has 1 atom stereocenters. The smallest absolute Gasteiger partial charge is 0.306 e. The zero-order valence-electron chi connectivity index (χ0n) is 45.0. The van der Waals surface area contributed by atoms with E-state index in [1.54, 1.807) is 0 Å². The first-order valence-electron chi connectivity index (χ1n) is 28.3. The molecule has 0 fully saturated rings. The molecule has 0 saturated carbocycles. The summed E-state index contributed by atoms with van der Waals surface area (Å²) >= 11 is 0. The van der Waals surface area contributed by atoms with Crippen molar-refractivity contribution in [1.82, 2.24) is 0 Å². The minimum atomic E-state index is -0.819. The highest BCUT2D eigenvalue weighted by Gasteiger charge is 2.19. The highest BCUT2D eigenvalue weighted by atomic mass is 16.6. The van der Waals surface area contributed by atoms with Gasteiger partial charge in [0.25, 0.3) is 0 Å². The second-order valence-electron chi connectivity index (χ2n) is 18.4. The summed E-state index contributed by atoms with van der Waals surface area (Å²) in [5, 5.41) is 0. The van der Waals surface area contributed by atoms with Gasteiger partial charge in [0, 0.05) is 19.3 Å². The van der Waals surface area contributed by atoms with E-state index in [4.69, 9.17) is 14.2 Å². The van der Waals surface area contributed by atoms with Crippen molar-refractivity contribution in [3.63, 3.8) is 0 Å². The van der Waals surface area contributed by atoms with Crippen LogP contribution in [0.15, 0.2) is 134 Å². The lowest BCUT2D eigenvalue weighted by molar-refractivity contribution is -0.167. The summed E-state index contributed by atoms with van der Waals surface area (Å²) in [4.78, 5) is 38.2. The fraction of sp³-hybridized carbons (Fsp3) is 0.609. The molecule has 0 aliphatic heterocycles. The number of rotatable bonds is 49. The zero-order valence-corrected chi connectivity index (χ0v) is 45.0. The number of hydrogen-bond donors (Lipinski definition) is 0. The Morgan fingerprint density at radius 1 is 0.300 bits per heavy atom. The molecule has 0 saturated heterocycles. The van der Waals surface area contributed by atoms with E-state index in [1.165, 1.54) is 96.3 Å². The molecule has 70 heavy (non-hydrogen) atoms. The van der Waals surface area contributed by atoms with Gasteiger partial charge in [0.2, 0.25) is 0 Å². The van der Waals surface area contributed by atoms with Gasteiger partial charge in [-0.3, -0.25) is 14.4 Å². The third-order valence-electron chi connectivity index (χ3n) is 11.6. The van der Waals surface area contributed by atoms with Crippen LogP contribution in [0.3, 0.4) is 0 Å². The molecule has 0 aliphatic carbocycles.